The molecule has 0 unspecified atom stereocenters. The summed E-state index contributed by atoms with van der Waals surface area (Å²) >= 11 is 0. The Balaban J connectivity index is 2.17. The minimum absolute atomic E-state index is 0.222. The van der Waals surface area contributed by atoms with Gasteiger partial charge in [0.05, 0.1) is 12.8 Å². The van der Waals surface area contributed by atoms with Crippen molar-refractivity contribution in [2.45, 2.75) is 25.7 Å². The van der Waals surface area contributed by atoms with Gasteiger partial charge in [0.2, 0.25) is 0 Å². The van der Waals surface area contributed by atoms with Crippen LogP contribution in [-0.2, 0) is 4.79 Å². The van der Waals surface area contributed by atoms with Crippen molar-refractivity contribution in [1.82, 2.24) is 0 Å². The molecule has 0 fully saturated rings. The van der Waals surface area contributed by atoms with E-state index >= 15 is 0 Å². The summed E-state index contributed by atoms with van der Waals surface area (Å²) in [4.78, 5) is 10.3. The molecule has 0 saturated carbocycles. The first kappa shape index (κ1) is 14.0. The van der Waals surface area contributed by atoms with Crippen LogP contribution in [0.1, 0.15) is 25.7 Å². The van der Waals surface area contributed by atoms with Crippen molar-refractivity contribution in [3.8, 4) is 5.75 Å². The monoisotopic (exact) mass is 250 g/mol. The molecule has 2 N–H and O–H groups in total. The normalized spacial score (nSPS) is 10.5. The number of nitrogens with one attached hydrogen (secondary N) is 1. The van der Waals surface area contributed by atoms with Gasteiger partial charge in [-0.3, -0.25) is 10.2 Å². The molecule has 5 nitrogen and oxygen atoms in total. The Labute approximate surface area is 106 Å². The molecule has 0 atom stereocenters. The minimum atomic E-state index is -0.747. The SMILES string of the molecule is COc1ccc(NN=CCCCCC(=O)O)cc1. The standard InChI is InChI=1S/C13H18N2O3/c1-18-12-8-6-11(7-9-12)15-14-10-4-2-3-5-13(16)17/h6-10,15H,2-5H2,1H3,(H,16,17). The number of nitrogens with zero attached hydrogens (tertiary/aromatic N) is 1. The zero-order valence-corrected chi connectivity index (χ0v) is 10.4. The molecule has 0 aromatic heterocycles. The van der Waals surface area contributed by atoms with Crippen LogP contribution in [0.4, 0.5) is 5.69 Å². The van der Waals surface area contributed by atoms with Gasteiger partial charge in [-0.25, -0.2) is 0 Å². The van der Waals surface area contributed by atoms with Gasteiger partial charge in [0.1, 0.15) is 5.75 Å². The highest BCUT2D eigenvalue weighted by Gasteiger charge is 1.94. The summed E-state index contributed by atoms with van der Waals surface area (Å²) in [5.41, 5.74) is 3.78. The average molecular weight is 250 g/mol. The van der Waals surface area contributed by atoms with Crippen LogP contribution in [0.5, 0.6) is 5.75 Å². The summed E-state index contributed by atoms with van der Waals surface area (Å²) < 4.78 is 5.04. The molecule has 5 heteroatoms. The highest BCUT2D eigenvalue weighted by Crippen LogP contribution is 2.14. The fourth-order valence-corrected chi connectivity index (χ4v) is 1.36. The lowest BCUT2D eigenvalue weighted by atomic mass is 10.2. The fourth-order valence-electron chi connectivity index (χ4n) is 1.36. The summed E-state index contributed by atoms with van der Waals surface area (Å²) in [5.74, 6) is 0.0569. The number of methoxy groups -OCH3 is 1. The second kappa shape index (κ2) is 8.11. The van der Waals surface area contributed by atoms with Crippen LogP contribution in [0, 0.1) is 0 Å². The van der Waals surface area contributed by atoms with E-state index in [0.717, 1.165) is 24.3 Å². The quantitative estimate of drug-likeness (QED) is 0.423. The van der Waals surface area contributed by atoms with Crippen molar-refractivity contribution in [1.29, 1.82) is 0 Å². The third-order valence-corrected chi connectivity index (χ3v) is 2.35. The van der Waals surface area contributed by atoms with Crippen LogP contribution in [0.25, 0.3) is 0 Å². The van der Waals surface area contributed by atoms with Gasteiger partial charge in [-0.05, 0) is 43.5 Å². The van der Waals surface area contributed by atoms with Crippen LogP contribution in [0.3, 0.4) is 0 Å². The number of benzene rings is 1. The van der Waals surface area contributed by atoms with Crippen LogP contribution in [0.2, 0.25) is 0 Å². The summed E-state index contributed by atoms with van der Waals surface area (Å²) in [7, 11) is 1.62. The van der Waals surface area contributed by atoms with Gasteiger partial charge in [0, 0.05) is 12.6 Å². The van der Waals surface area contributed by atoms with Crippen molar-refractivity contribution in [3.05, 3.63) is 24.3 Å². The van der Waals surface area contributed by atoms with Crippen LogP contribution < -0.4 is 10.2 Å². The number of ether oxygens (including phenoxy) is 1. The van der Waals surface area contributed by atoms with Crippen LogP contribution in [0.15, 0.2) is 29.4 Å². The number of anilines is 1. The molecule has 0 radical (unpaired) electrons. The molecule has 0 bridgehead atoms. The largest absolute Gasteiger partial charge is 0.497 e. The van der Waals surface area contributed by atoms with Crippen molar-refractivity contribution >= 4 is 17.9 Å². The Hall–Kier alpha value is -2.04. The van der Waals surface area contributed by atoms with Gasteiger partial charge < -0.3 is 9.84 Å². The Morgan fingerprint density at radius 3 is 2.72 bits per heavy atom. The number of aliphatic carboxylic acids is 1. The maximum atomic E-state index is 10.3. The molecule has 0 aliphatic carbocycles. The molecule has 0 aliphatic heterocycles. The van der Waals surface area contributed by atoms with Crippen molar-refractivity contribution in [3.63, 3.8) is 0 Å². The van der Waals surface area contributed by atoms with Crippen molar-refractivity contribution in [2.75, 3.05) is 12.5 Å². The summed E-state index contributed by atoms with van der Waals surface area (Å²) in [5, 5.41) is 12.5. The number of carboxylic acids is 1. The second-order valence-electron chi connectivity index (χ2n) is 3.79. The van der Waals surface area contributed by atoms with Gasteiger partial charge in [-0.2, -0.15) is 5.10 Å². The van der Waals surface area contributed by atoms with E-state index in [9.17, 15) is 4.79 Å². The first-order valence-corrected chi connectivity index (χ1v) is 5.86. The van der Waals surface area contributed by atoms with Gasteiger partial charge >= 0.3 is 5.97 Å². The Morgan fingerprint density at radius 1 is 1.39 bits per heavy atom. The first-order chi connectivity index (χ1) is 8.72. The predicted molar refractivity (Wildman–Crippen MR) is 71.2 cm³/mol. The Kier molecular flexibility index (Phi) is 6.32. The molecule has 1 aromatic rings. The Morgan fingerprint density at radius 2 is 2.11 bits per heavy atom. The maximum absolute atomic E-state index is 10.3. The molecule has 98 valence electrons. The third-order valence-electron chi connectivity index (χ3n) is 2.35. The van der Waals surface area contributed by atoms with E-state index < -0.39 is 5.97 Å². The molecule has 1 aromatic carbocycles. The molecule has 0 spiro atoms. The number of rotatable bonds is 8. The lowest BCUT2D eigenvalue weighted by Gasteiger charge is -2.02. The zero-order valence-electron chi connectivity index (χ0n) is 10.4. The number of hydrazone groups is 1. The second-order valence-corrected chi connectivity index (χ2v) is 3.79. The van der Waals surface area contributed by atoms with Crippen LogP contribution in [-0.4, -0.2) is 24.4 Å². The lowest BCUT2D eigenvalue weighted by Crippen LogP contribution is -1.94. The molecule has 1 rings (SSSR count). The van der Waals surface area contributed by atoms with Crippen molar-refractivity contribution in [2.24, 2.45) is 5.10 Å². The molecule has 0 heterocycles. The highest BCUT2D eigenvalue weighted by molar-refractivity contribution is 5.66. The van der Waals surface area contributed by atoms with Gasteiger partial charge in [0.25, 0.3) is 0 Å². The number of hydrogen-bond donors (Lipinski definition) is 2. The molecule has 0 saturated heterocycles. The highest BCUT2D eigenvalue weighted by atomic mass is 16.5. The van der Waals surface area contributed by atoms with E-state index in [2.05, 4.69) is 10.5 Å². The third kappa shape index (κ3) is 5.89. The minimum Gasteiger partial charge on any atom is -0.497 e. The van der Waals surface area contributed by atoms with E-state index in [4.69, 9.17) is 9.84 Å². The van der Waals surface area contributed by atoms with E-state index in [0.29, 0.717) is 6.42 Å². The van der Waals surface area contributed by atoms with E-state index in [1.807, 2.05) is 24.3 Å². The van der Waals surface area contributed by atoms with Crippen molar-refractivity contribution < 1.29 is 14.6 Å². The number of unbranched alkanes of at least 4 members (excludes halogenated alkanes) is 2. The van der Waals surface area contributed by atoms with Gasteiger partial charge in [-0.1, -0.05) is 0 Å². The molecular formula is C13H18N2O3. The van der Waals surface area contributed by atoms with Gasteiger partial charge in [-0.15, -0.1) is 0 Å². The number of carboxylic acid groups (broad SMARTS) is 1. The van der Waals surface area contributed by atoms with Gasteiger partial charge in [0.15, 0.2) is 0 Å². The van der Waals surface area contributed by atoms with Crippen LogP contribution >= 0.6 is 0 Å². The smallest absolute Gasteiger partial charge is 0.303 e. The average Bonchev–Trinajstić information content (AvgIpc) is 2.38. The lowest BCUT2D eigenvalue weighted by molar-refractivity contribution is -0.137. The number of hydrogen-bond acceptors (Lipinski definition) is 4. The predicted octanol–water partition coefficient (Wildman–Crippen LogP) is 2.74. The number of carbonyl (C=O) groups is 1. The molecule has 18 heavy (non-hydrogen) atoms. The first-order valence-electron chi connectivity index (χ1n) is 5.86. The summed E-state index contributed by atoms with van der Waals surface area (Å²) in [6.07, 6.45) is 4.27. The molecule has 0 aliphatic rings. The van der Waals surface area contributed by atoms with E-state index in [-0.39, 0.29) is 6.42 Å². The zero-order chi connectivity index (χ0) is 13.2. The Bertz CT molecular complexity index is 388. The topological polar surface area (TPSA) is 70.9 Å². The summed E-state index contributed by atoms with van der Waals surface area (Å²) in [6.45, 7) is 0. The van der Waals surface area contributed by atoms with E-state index in [1.54, 1.807) is 13.3 Å². The fraction of sp³-hybridized carbons (Fsp3) is 0.385. The molecular weight excluding hydrogens is 232 g/mol. The summed E-state index contributed by atoms with van der Waals surface area (Å²) in [6, 6.07) is 7.45. The maximum Gasteiger partial charge on any atom is 0.303 e. The molecule has 0 amide bonds. The van der Waals surface area contributed by atoms with E-state index in [1.165, 1.54) is 0 Å².